The summed E-state index contributed by atoms with van der Waals surface area (Å²) in [5.41, 5.74) is 22.9. The largest absolute Gasteiger partial charge is 0.357 e. The first-order chi connectivity index (χ1) is 5.57. The topological polar surface area (TPSA) is 113 Å². The van der Waals surface area contributed by atoms with E-state index in [0.717, 1.165) is 6.42 Å². The molecule has 5 atom stereocenters. The zero-order valence-electron chi connectivity index (χ0n) is 7.31. The molecule has 1 fully saturated rings. The first-order valence-corrected chi connectivity index (χ1v) is 4.25. The van der Waals surface area contributed by atoms with Crippen molar-refractivity contribution in [1.82, 2.24) is 0 Å². The van der Waals surface area contributed by atoms with Gasteiger partial charge in [-0.25, -0.2) is 0 Å². The third kappa shape index (κ3) is 1.60. The summed E-state index contributed by atoms with van der Waals surface area (Å²) in [5.74, 6) is 0. The molecule has 1 saturated heterocycles. The maximum atomic E-state index is 5.80. The van der Waals surface area contributed by atoms with Crippen molar-refractivity contribution in [1.29, 1.82) is 0 Å². The molecule has 72 valence electrons. The zero-order valence-corrected chi connectivity index (χ0v) is 7.31. The normalized spacial score (nSPS) is 49.2. The van der Waals surface area contributed by atoms with Crippen molar-refractivity contribution in [3.05, 3.63) is 0 Å². The molecule has 0 amide bonds. The number of hydrogen-bond acceptors (Lipinski definition) is 5. The molecule has 0 aromatic carbocycles. The lowest BCUT2D eigenvalue weighted by atomic mass is 9.92. The molecule has 1 heterocycles. The highest BCUT2D eigenvalue weighted by atomic mass is 16.5. The quantitative estimate of drug-likeness (QED) is 0.369. The molecule has 8 N–H and O–H groups in total. The van der Waals surface area contributed by atoms with Crippen molar-refractivity contribution in [3.8, 4) is 0 Å². The number of hydrogen-bond donors (Lipinski definition) is 4. The van der Waals surface area contributed by atoms with E-state index in [2.05, 4.69) is 0 Å². The Morgan fingerprint density at radius 3 is 2.08 bits per heavy atom. The highest BCUT2D eigenvalue weighted by Gasteiger charge is 2.37. The van der Waals surface area contributed by atoms with E-state index < -0.39 is 6.23 Å². The van der Waals surface area contributed by atoms with Gasteiger partial charge < -0.3 is 27.7 Å². The Balaban J connectivity index is 2.63. The van der Waals surface area contributed by atoms with E-state index >= 15 is 0 Å². The van der Waals surface area contributed by atoms with Crippen LogP contribution in [-0.2, 0) is 4.74 Å². The molecule has 1 rings (SSSR count). The van der Waals surface area contributed by atoms with Gasteiger partial charge in [0.25, 0.3) is 0 Å². The predicted molar refractivity (Wildman–Crippen MR) is 47.1 cm³/mol. The summed E-state index contributed by atoms with van der Waals surface area (Å²) in [4.78, 5) is 0. The summed E-state index contributed by atoms with van der Waals surface area (Å²) >= 11 is 0. The van der Waals surface area contributed by atoms with Gasteiger partial charge in [-0.2, -0.15) is 0 Å². The van der Waals surface area contributed by atoms with Crippen molar-refractivity contribution in [3.63, 3.8) is 0 Å². The van der Waals surface area contributed by atoms with E-state index in [-0.39, 0.29) is 24.2 Å². The van der Waals surface area contributed by atoms with Crippen molar-refractivity contribution in [2.75, 3.05) is 0 Å². The Hall–Kier alpha value is -0.200. The molecule has 12 heavy (non-hydrogen) atoms. The molecule has 0 saturated carbocycles. The van der Waals surface area contributed by atoms with Crippen LogP contribution in [0.15, 0.2) is 0 Å². The smallest absolute Gasteiger partial charge is 0.122 e. The van der Waals surface area contributed by atoms with Gasteiger partial charge in [-0.15, -0.1) is 0 Å². The summed E-state index contributed by atoms with van der Waals surface area (Å²) in [5, 5.41) is 0. The van der Waals surface area contributed by atoms with Crippen LogP contribution in [0.2, 0.25) is 0 Å². The first-order valence-electron chi connectivity index (χ1n) is 4.25. The fraction of sp³-hybridized carbons (Fsp3) is 1.00. The van der Waals surface area contributed by atoms with E-state index in [9.17, 15) is 0 Å². The Bertz CT molecular complexity index is 150. The third-order valence-corrected chi connectivity index (χ3v) is 2.43. The summed E-state index contributed by atoms with van der Waals surface area (Å²) in [6, 6.07) is -0.828. The molecule has 5 heteroatoms. The van der Waals surface area contributed by atoms with Gasteiger partial charge >= 0.3 is 0 Å². The second kappa shape index (κ2) is 3.68. The second-order valence-electron chi connectivity index (χ2n) is 3.28. The fourth-order valence-corrected chi connectivity index (χ4v) is 1.48. The van der Waals surface area contributed by atoms with Crippen molar-refractivity contribution in [2.24, 2.45) is 22.9 Å². The molecule has 0 spiro atoms. The fourth-order valence-electron chi connectivity index (χ4n) is 1.48. The van der Waals surface area contributed by atoms with E-state index in [1.54, 1.807) is 0 Å². The monoisotopic (exact) mass is 174 g/mol. The van der Waals surface area contributed by atoms with Gasteiger partial charge in [-0.05, 0) is 6.42 Å². The number of ether oxygens (including phenoxy) is 1. The summed E-state index contributed by atoms with van der Waals surface area (Å²) in [7, 11) is 0. The molecular formula is C7H18N4O. The summed E-state index contributed by atoms with van der Waals surface area (Å²) in [6.45, 7) is 1.99. The van der Waals surface area contributed by atoms with Crippen molar-refractivity contribution in [2.45, 2.75) is 43.8 Å². The van der Waals surface area contributed by atoms with Crippen LogP contribution in [0.3, 0.4) is 0 Å². The van der Waals surface area contributed by atoms with E-state index in [0.29, 0.717) is 0 Å². The van der Waals surface area contributed by atoms with Crippen molar-refractivity contribution >= 4 is 0 Å². The predicted octanol–water partition coefficient (Wildman–Crippen LogP) is -1.94. The average molecular weight is 174 g/mol. The lowest BCUT2D eigenvalue weighted by Gasteiger charge is -2.41. The minimum Gasteiger partial charge on any atom is -0.357 e. The summed E-state index contributed by atoms with van der Waals surface area (Å²) in [6.07, 6.45) is 0.273. The SMILES string of the molecule is CCC1OC(N)C(N)C(N)C1N. The lowest BCUT2D eigenvalue weighted by Crippen LogP contribution is -2.69. The van der Waals surface area contributed by atoms with Gasteiger partial charge in [-0.1, -0.05) is 6.92 Å². The summed E-state index contributed by atoms with van der Waals surface area (Å²) < 4.78 is 5.38. The Morgan fingerprint density at radius 1 is 1.00 bits per heavy atom. The molecule has 0 aromatic heterocycles. The first kappa shape index (κ1) is 9.88. The molecule has 1 aliphatic rings. The van der Waals surface area contributed by atoms with Gasteiger partial charge in [-0.3, -0.25) is 0 Å². The Labute approximate surface area is 72.4 Å². The van der Waals surface area contributed by atoms with Crippen LogP contribution in [0.5, 0.6) is 0 Å². The molecule has 0 bridgehead atoms. The van der Waals surface area contributed by atoms with Gasteiger partial charge in [0, 0.05) is 12.1 Å². The lowest BCUT2D eigenvalue weighted by molar-refractivity contribution is -0.0771. The van der Waals surface area contributed by atoms with Crippen molar-refractivity contribution < 1.29 is 4.74 Å². The molecule has 0 radical (unpaired) electrons. The molecule has 1 aliphatic heterocycles. The maximum absolute atomic E-state index is 5.80. The maximum Gasteiger partial charge on any atom is 0.122 e. The van der Waals surface area contributed by atoms with E-state index in [1.807, 2.05) is 6.92 Å². The number of nitrogens with two attached hydrogens (primary N) is 4. The van der Waals surface area contributed by atoms with Crippen LogP contribution in [0.4, 0.5) is 0 Å². The molecular weight excluding hydrogens is 156 g/mol. The van der Waals surface area contributed by atoms with Crippen LogP contribution in [0, 0.1) is 0 Å². The van der Waals surface area contributed by atoms with Gasteiger partial charge in [0.1, 0.15) is 6.23 Å². The Kier molecular flexibility index (Phi) is 3.03. The van der Waals surface area contributed by atoms with E-state index in [1.165, 1.54) is 0 Å². The van der Waals surface area contributed by atoms with Crippen LogP contribution in [0.25, 0.3) is 0 Å². The van der Waals surface area contributed by atoms with Crippen LogP contribution in [0.1, 0.15) is 13.3 Å². The zero-order chi connectivity index (χ0) is 9.30. The molecule has 0 aromatic rings. The Morgan fingerprint density at radius 2 is 1.58 bits per heavy atom. The second-order valence-corrected chi connectivity index (χ2v) is 3.28. The highest BCUT2D eigenvalue weighted by molar-refractivity contribution is 4.97. The van der Waals surface area contributed by atoms with Gasteiger partial charge in [0.15, 0.2) is 0 Å². The highest BCUT2D eigenvalue weighted by Crippen LogP contribution is 2.16. The third-order valence-electron chi connectivity index (χ3n) is 2.43. The molecule has 5 unspecified atom stereocenters. The average Bonchev–Trinajstić information content (AvgIpc) is 2.08. The minimum atomic E-state index is -0.482. The van der Waals surface area contributed by atoms with Gasteiger partial charge in [0.05, 0.1) is 12.1 Å². The van der Waals surface area contributed by atoms with Crippen LogP contribution in [-0.4, -0.2) is 30.5 Å². The van der Waals surface area contributed by atoms with Crippen LogP contribution >= 0.6 is 0 Å². The standard InChI is InChI=1S/C7H18N4O/c1-2-3-4(8)5(9)6(10)7(11)12-3/h3-7H,2,8-11H2,1H3. The van der Waals surface area contributed by atoms with Gasteiger partial charge in [0.2, 0.25) is 0 Å². The molecule has 5 nitrogen and oxygen atoms in total. The van der Waals surface area contributed by atoms with E-state index in [4.69, 9.17) is 27.7 Å². The number of rotatable bonds is 1. The minimum absolute atomic E-state index is 0.0604. The van der Waals surface area contributed by atoms with Crippen LogP contribution < -0.4 is 22.9 Å². The molecule has 0 aliphatic carbocycles.